The lowest BCUT2D eigenvalue weighted by Crippen LogP contribution is -2.34. The molecule has 0 aliphatic carbocycles. The molecule has 6 heteroatoms. The normalized spacial score (nSPS) is 10.0. The number of hydrogen-bond donors (Lipinski definition) is 1. The van der Waals surface area contributed by atoms with Crippen LogP contribution < -0.4 is 10.1 Å². The SMILES string of the molecule is CN(CCOc1ccc(Cl)cc1)C(=O)Nc1cccnc1. The van der Waals surface area contributed by atoms with Crippen LogP contribution in [-0.2, 0) is 0 Å². The molecule has 1 aromatic heterocycles. The summed E-state index contributed by atoms with van der Waals surface area (Å²) in [6, 6.07) is 10.4. The van der Waals surface area contributed by atoms with Crippen LogP contribution in [0, 0.1) is 0 Å². The summed E-state index contributed by atoms with van der Waals surface area (Å²) in [6.07, 6.45) is 3.25. The van der Waals surface area contributed by atoms with Gasteiger partial charge in [0.05, 0.1) is 18.4 Å². The maximum Gasteiger partial charge on any atom is 0.321 e. The van der Waals surface area contributed by atoms with Crippen LogP contribution in [0.4, 0.5) is 10.5 Å². The summed E-state index contributed by atoms with van der Waals surface area (Å²) in [5, 5.41) is 3.41. The van der Waals surface area contributed by atoms with Crippen molar-refractivity contribution in [2.45, 2.75) is 0 Å². The summed E-state index contributed by atoms with van der Waals surface area (Å²) >= 11 is 5.79. The number of hydrogen-bond acceptors (Lipinski definition) is 3. The van der Waals surface area contributed by atoms with Crippen LogP contribution >= 0.6 is 11.6 Å². The molecule has 2 rings (SSSR count). The molecule has 0 aliphatic heterocycles. The number of likely N-dealkylation sites (N-methyl/N-ethyl adjacent to an activating group) is 1. The maximum absolute atomic E-state index is 11.9. The van der Waals surface area contributed by atoms with E-state index in [1.807, 2.05) is 0 Å². The van der Waals surface area contributed by atoms with Crippen molar-refractivity contribution in [1.82, 2.24) is 9.88 Å². The number of ether oxygens (including phenoxy) is 1. The Labute approximate surface area is 128 Å². The third-order valence-electron chi connectivity index (χ3n) is 2.77. The van der Waals surface area contributed by atoms with Gasteiger partial charge in [0.2, 0.25) is 0 Å². The molecular weight excluding hydrogens is 290 g/mol. The van der Waals surface area contributed by atoms with Gasteiger partial charge in [0.1, 0.15) is 12.4 Å². The Bertz CT molecular complexity index is 575. The first kappa shape index (κ1) is 15.1. The van der Waals surface area contributed by atoms with Crippen LogP contribution in [0.1, 0.15) is 0 Å². The fourth-order valence-electron chi connectivity index (χ4n) is 1.59. The number of halogens is 1. The molecule has 2 amide bonds. The summed E-state index contributed by atoms with van der Waals surface area (Å²) in [7, 11) is 1.71. The maximum atomic E-state index is 11.9. The molecule has 0 spiro atoms. The average molecular weight is 306 g/mol. The number of rotatable bonds is 5. The molecule has 0 bridgehead atoms. The highest BCUT2D eigenvalue weighted by Gasteiger charge is 2.08. The van der Waals surface area contributed by atoms with Gasteiger partial charge in [-0.1, -0.05) is 11.6 Å². The zero-order valence-electron chi connectivity index (χ0n) is 11.6. The molecule has 0 unspecified atom stereocenters. The van der Waals surface area contributed by atoms with Crippen molar-refractivity contribution in [1.29, 1.82) is 0 Å². The molecule has 0 radical (unpaired) electrons. The highest BCUT2D eigenvalue weighted by molar-refractivity contribution is 6.30. The van der Waals surface area contributed by atoms with Crippen molar-refractivity contribution in [2.24, 2.45) is 0 Å². The van der Waals surface area contributed by atoms with Crippen LogP contribution in [0.15, 0.2) is 48.8 Å². The topological polar surface area (TPSA) is 54.5 Å². The van der Waals surface area contributed by atoms with Crippen molar-refractivity contribution < 1.29 is 9.53 Å². The molecule has 2 aromatic rings. The van der Waals surface area contributed by atoms with Crippen molar-refractivity contribution in [3.63, 3.8) is 0 Å². The second-order valence-electron chi connectivity index (χ2n) is 4.40. The number of aromatic nitrogens is 1. The lowest BCUT2D eigenvalue weighted by molar-refractivity contribution is 0.207. The second-order valence-corrected chi connectivity index (χ2v) is 4.83. The quantitative estimate of drug-likeness (QED) is 0.922. The number of carbonyl (C=O) groups excluding carboxylic acids is 1. The highest BCUT2D eigenvalue weighted by Crippen LogP contribution is 2.15. The lowest BCUT2D eigenvalue weighted by Gasteiger charge is -2.18. The third-order valence-corrected chi connectivity index (χ3v) is 3.02. The Hall–Kier alpha value is -2.27. The van der Waals surface area contributed by atoms with Crippen LogP contribution in [0.3, 0.4) is 0 Å². The van der Waals surface area contributed by atoms with Crippen molar-refractivity contribution in [2.75, 3.05) is 25.5 Å². The molecule has 21 heavy (non-hydrogen) atoms. The molecule has 1 N–H and O–H groups in total. The smallest absolute Gasteiger partial charge is 0.321 e. The summed E-state index contributed by atoms with van der Waals surface area (Å²) < 4.78 is 5.54. The summed E-state index contributed by atoms with van der Waals surface area (Å²) in [6.45, 7) is 0.868. The minimum Gasteiger partial charge on any atom is -0.492 e. The van der Waals surface area contributed by atoms with Crippen LogP contribution in [0.2, 0.25) is 5.02 Å². The van der Waals surface area contributed by atoms with Crippen LogP contribution in [0.5, 0.6) is 5.75 Å². The van der Waals surface area contributed by atoms with E-state index < -0.39 is 0 Å². The molecule has 1 aromatic carbocycles. The van der Waals surface area contributed by atoms with Crippen molar-refractivity contribution >= 4 is 23.3 Å². The van der Waals surface area contributed by atoms with Gasteiger partial charge in [-0.15, -0.1) is 0 Å². The summed E-state index contributed by atoms with van der Waals surface area (Å²) in [4.78, 5) is 17.4. The molecule has 0 saturated heterocycles. The average Bonchev–Trinajstić information content (AvgIpc) is 2.50. The third kappa shape index (κ3) is 4.96. The molecule has 0 saturated carbocycles. The Morgan fingerprint density at radius 3 is 2.76 bits per heavy atom. The fraction of sp³-hybridized carbons (Fsp3) is 0.200. The number of pyridine rings is 1. The molecule has 0 fully saturated rings. The Morgan fingerprint density at radius 1 is 1.33 bits per heavy atom. The Kier molecular flexibility index (Phi) is 5.40. The monoisotopic (exact) mass is 305 g/mol. The minimum atomic E-state index is -0.206. The predicted octanol–water partition coefficient (Wildman–Crippen LogP) is 3.28. The minimum absolute atomic E-state index is 0.206. The van der Waals surface area contributed by atoms with Gasteiger partial charge in [-0.2, -0.15) is 0 Å². The van der Waals surface area contributed by atoms with E-state index in [1.165, 1.54) is 0 Å². The van der Waals surface area contributed by atoms with Crippen molar-refractivity contribution in [3.05, 3.63) is 53.8 Å². The molecule has 110 valence electrons. The van der Waals surface area contributed by atoms with Gasteiger partial charge in [0.25, 0.3) is 0 Å². The van der Waals surface area contributed by atoms with Crippen LogP contribution in [-0.4, -0.2) is 36.1 Å². The van der Waals surface area contributed by atoms with Gasteiger partial charge >= 0.3 is 6.03 Å². The number of carbonyl (C=O) groups is 1. The van der Waals surface area contributed by atoms with E-state index in [0.29, 0.717) is 23.9 Å². The zero-order valence-corrected chi connectivity index (χ0v) is 12.4. The number of urea groups is 1. The largest absolute Gasteiger partial charge is 0.492 e. The number of amides is 2. The van der Waals surface area contributed by atoms with Gasteiger partial charge in [-0.25, -0.2) is 4.79 Å². The second kappa shape index (κ2) is 7.50. The molecule has 0 aliphatic rings. The Morgan fingerprint density at radius 2 is 2.10 bits per heavy atom. The van der Waals surface area contributed by atoms with E-state index in [-0.39, 0.29) is 6.03 Å². The van der Waals surface area contributed by atoms with Gasteiger partial charge < -0.3 is 15.0 Å². The number of nitrogens with one attached hydrogen (secondary N) is 1. The first-order valence-corrected chi connectivity index (χ1v) is 6.83. The predicted molar refractivity (Wildman–Crippen MR) is 82.8 cm³/mol. The van der Waals surface area contributed by atoms with Gasteiger partial charge in [-0.3, -0.25) is 4.98 Å². The first-order valence-electron chi connectivity index (χ1n) is 6.45. The van der Waals surface area contributed by atoms with E-state index in [9.17, 15) is 4.79 Å². The summed E-state index contributed by atoms with van der Waals surface area (Å²) in [5.41, 5.74) is 0.660. The zero-order chi connectivity index (χ0) is 15.1. The summed E-state index contributed by atoms with van der Waals surface area (Å²) in [5.74, 6) is 0.723. The molecule has 5 nitrogen and oxygen atoms in total. The fourth-order valence-corrected chi connectivity index (χ4v) is 1.71. The van der Waals surface area contributed by atoms with E-state index in [1.54, 1.807) is 60.7 Å². The number of nitrogens with zero attached hydrogens (tertiary/aromatic N) is 2. The number of anilines is 1. The van der Waals surface area contributed by atoms with Gasteiger partial charge in [0.15, 0.2) is 0 Å². The number of benzene rings is 1. The van der Waals surface area contributed by atoms with E-state index in [2.05, 4.69) is 10.3 Å². The molecule has 0 atom stereocenters. The lowest BCUT2D eigenvalue weighted by atomic mass is 10.3. The highest BCUT2D eigenvalue weighted by atomic mass is 35.5. The Balaban J connectivity index is 1.75. The van der Waals surface area contributed by atoms with Gasteiger partial charge in [0, 0.05) is 18.3 Å². The van der Waals surface area contributed by atoms with Crippen LogP contribution in [0.25, 0.3) is 0 Å². The molecular formula is C15H16ClN3O2. The first-order chi connectivity index (χ1) is 10.1. The standard InChI is InChI=1S/C15H16ClN3O2/c1-19(15(20)18-13-3-2-8-17-11-13)9-10-21-14-6-4-12(16)5-7-14/h2-8,11H,9-10H2,1H3,(H,18,20). The van der Waals surface area contributed by atoms with E-state index >= 15 is 0 Å². The van der Waals surface area contributed by atoms with E-state index in [0.717, 1.165) is 5.75 Å². The molecule has 1 heterocycles. The van der Waals surface area contributed by atoms with Gasteiger partial charge in [-0.05, 0) is 36.4 Å². The van der Waals surface area contributed by atoms with E-state index in [4.69, 9.17) is 16.3 Å². The van der Waals surface area contributed by atoms with Crippen molar-refractivity contribution in [3.8, 4) is 5.75 Å².